The Labute approximate surface area is 158 Å². The molecule has 2 rings (SSSR count). The van der Waals surface area contributed by atoms with E-state index >= 15 is 0 Å². The molecule has 9 heteroatoms. The van der Waals surface area contributed by atoms with Crippen molar-refractivity contribution in [2.24, 2.45) is 0 Å². The van der Waals surface area contributed by atoms with Crippen LogP contribution in [0.3, 0.4) is 0 Å². The van der Waals surface area contributed by atoms with Crippen LogP contribution in [-0.4, -0.2) is 17.3 Å². The van der Waals surface area contributed by atoms with Crippen molar-refractivity contribution in [3.8, 4) is 0 Å². The molecule has 1 atom stereocenters. The van der Waals surface area contributed by atoms with E-state index in [0.29, 0.717) is 12.1 Å². The normalized spacial score (nSPS) is 13.7. The lowest BCUT2D eigenvalue weighted by Gasteiger charge is -2.18. The van der Waals surface area contributed by atoms with Crippen molar-refractivity contribution in [3.63, 3.8) is 0 Å². The second kappa shape index (κ2) is 7.75. The number of hydrogen-bond donors (Lipinski definition) is 1. The van der Waals surface area contributed by atoms with Crippen LogP contribution in [-0.2, 0) is 6.18 Å². The maximum absolute atomic E-state index is 13.4. The molecule has 0 radical (unpaired) electrons. The molecule has 2 aromatic carbocycles. The van der Waals surface area contributed by atoms with Crippen LogP contribution in [0, 0.1) is 0 Å². The number of halogens is 7. The van der Waals surface area contributed by atoms with E-state index < -0.39 is 35.4 Å². The van der Waals surface area contributed by atoms with Gasteiger partial charge in [-0.15, -0.1) is 0 Å². The van der Waals surface area contributed by atoms with Gasteiger partial charge in [-0.2, -0.15) is 26.3 Å². The molecule has 0 heterocycles. The first-order valence-corrected chi connectivity index (χ1v) is 8.14. The first kappa shape index (κ1) is 21.0. The Hall–Kier alpha value is -2.29. The molecule has 0 aliphatic heterocycles. The smallest absolute Gasteiger partial charge is 0.416 e. The summed E-state index contributed by atoms with van der Waals surface area (Å²) in [6, 6.07) is 6.86. The third-order valence-corrected chi connectivity index (χ3v) is 4.29. The minimum atomic E-state index is -4.81. The van der Waals surface area contributed by atoms with Gasteiger partial charge in [-0.25, -0.2) is 4.79 Å². The lowest BCUT2D eigenvalue weighted by molar-refractivity contribution is -0.142. The maximum Gasteiger partial charge on any atom is 0.416 e. The molecule has 1 N–H and O–H groups in total. The topological polar surface area (TPSA) is 37.3 Å². The van der Waals surface area contributed by atoms with Crippen molar-refractivity contribution in [3.05, 3.63) is 75.3 Å². The maximum atomic E-state index is 13.4. The summed E-state index contributed by atoms with van der Waals surface area (Å²) in [5.41, 5.74) is -1.53. The molecular weight excluding hydrogens is 442 g/mol. The summed E-state index contributed by atoms with van der Waals surface area (Å²) in [5, 5.41) is 8.93. The Morgan fingerprint density at radius 3 is 2.22 bits per heavy atom. The van der Waals surface area contributed by atoms with Crippen LogP contribution in [0.1, 0.15) is 33.0 Å². The van der Waals surface area contributed by atoms with E-state index in [1.54, 1.807) is 0 Å². The predicted molar refractivity (Wildman–Crippen MR) is 90.4 cm³/mol. The fraction of sp³-hybridized carbons (Fsp3) is 0.167. The van der Waals surface area contributed by atoms with Crippen molar-refractivity contribution in [1.29, 1.82) is 0 Å². The number of benzene rings is 2. The Balaban J connectivity index is 2.40. The van der Waals surface area contributed by atoms with Gasteiger partial charge in [0.15, 0.2) is 0 Å². The van der Waals surface area contributed by atoms with Crippen LogP contribution >= 0.6 is 15.9 Å². The first-order chi connectivity index (χ1) is 12.4. The number of carboxylic acid groups (broad SMARTS) is 1. The summed E-state index contributed by atoms with van der Waals surface area (Å²) in [4.78, 5) is 10.9. The third-order valence-electron chi connectivity index (χ3n) is 3.63. The molecule has 2 aromatic rings. The number of hydrogen-bond acceptors (Lipinski definition) is 1. The van der Waals surface area contributed by atoms with E-state index in [4.69, 9.17) is 5.11 Å². The zero-order valence-corrected chi connectivity index (χ0v) is 14.9. The zero-order chi connectivity index (χ0) is 20.4. The SMILES string of the molecule is O=C(O)c1ccc(/C=C/C(c2cccc(C(F)(F)F)c2)C(F)(F)F)cc1Br. The van der Waals surface area contributed by atoms with Crippen LogP contribution in [0.4, 0.5) is 26.3 Å². The molecule has 0 aromatic heterocycles. The lowest BCUT2D eigenvalue weighted by atomic mass is 9.95. The highest BCUT2D eigenvalue weighted by Crippen LogP contribution is 2.39. The number of carbonyl (C=O) groups is 1. The standard InChI is InChI=1S/C18H11BrF6O2/c19-15-8-10(4-6-13(15)16(26)27)5-7-14(18(23,24)25)11-2-1-3-12(9-11)17(20,21)22/h1-9,14H,(H,26,27)/b7-5+. The number of allylic oxidation sites excluding steroid dienone is 1. The Kier molecular flexibility index (Phi) is 6.04. The number of aromatic carboxylic acids is 1. The van der Waals surface area contributed by atoms with Crippen molar-refractivity contribution < 1.29 is 36.2 Å². The molecule has 0 spiro atoms. The summed E-state index contributed by atoms with van der Waals surface area (Å²) >= 11 is 3.01. The molecule has 0 saturated carbocycles. The summed E-state index contributed by atoms with van der Waals surface area (Å²) in [5.74, 6) is -3.47. The average molecular weight is 453 g/mol. The molecule has 2 nitrogen and oxygen atoms in total. The quantitative estimate of drug-likeness (QED) is 0.535. The van der Waals surface area contributed by atoms with Gasteiger partial charge >= 0.3 is 18.3 Å². The molecular formula is C18H11BrF6O2. The van der Waals surface area contributed by atoms with Crippen LogP contribution < -0.4 is 0 Å². The highest BCUT2D eigenvalue weighted by Gasteiger charge is 2.40. The van der Waals surface area contributed by atoms with Gasteiger partial charge in [0, 0.05) is 4.47 Å². The van der Waals surface area contributed by atoms with Gasteiger partial charge in [-0.1, -0.05) is 36.4 Å². The molecule has 27 heavy (non-hydrogen) atoms. The molecule has 1 unspecified atom stereocenters. The van der Waals surface area contributed by atoms with Gasteiger partial charge in [0.2, 0.25) is 0 Å². The van der Waals surface area contributed by atoms with Gasteiger partial charge in [-0.3, -0.25) is 0 Å². The monoisotopic (exact) mass is 452 g/mol. The highest BCUT2D eigenvalue weighted by atomic mass is 79.9. The molecule has 0 aliphatic rings. The number of alkyl halides is 6. The van der Waals surface area contributed by atoms with E-state index in [1.165, 1.54) is 18.2 Å². The van der Waals surface area contributed by atoms with Crippen LogP contribution in [0.25, 0.3) is 6.08 Å². The number of rotatable bonds is 4. The Bertz CT molecular complexity index is 871. The zero-order valence-electron chi connectivity index (χ0n) is 13.3. The molecule has 0 amide bonds. The average Bonchev–Trinajstić information content (AvgIpc) is 2.53. The fourth-order valence-corrected chi connectivity index (χ4v) is 2.90. The molecule has 0 bridgehead atoms. The Morgan fingerprint density at radius 1 is 1.04 bits per heavy atom. The highest BCUT2D eigenvalue weighted by molar-refractivity contribution is 9.10. The summed E-state index contributed by atoms with van der Waals surface area (Å²) in [7, 11) is 0. The van der Waals surface area contributed by atoms with Crippen molar-refractivity contribution in [1.82, 2.24) is 0 Å². The molecule has 0 saturated heterocycles. The second-order valence-corrected chi connectivity index (χ2v) is 6.40. The lowest BCUT2D eigenvalue weighted by Crippen LogP contribution is -2.19. The number of carboxylic acids is 1. The van der Waals surface area contributed by atoms with E-state index in [1.807, 2.05) is 0 Å². The van der Waals surface area contributed by atoms with E-state index in [9.17, 15) is 31.1 Å². The van der Waals surface area contributed by atoms with Crippen LogP contribution in [0.2, 0.25) is 0 Å². The fourth-order valence-electron chi connectivity index (χ4n) is 2.33. The minimum absolute atomic E-state index is 0.0719. The van der Waals surface area contributed by atoms with Crippen LogP contribution in [0.15, 0.2) is 53.0 Å². The molecule has 0 aliphatic carbocycles. The van der Waals surface area contributed by atoms with Gasteiger partial charge in [-0.05, 0) is 45.3 Å². The van der Waals surface area contributed by atoms with Gasteiger partial charge < -0.3 is 5.11 Å². The van der Waals surface area contributed by atoms with Gasteiger partial charge in [0.1, 0.15) is 0 Å². The predicted octanol–water partition coefficient (Wildman–Crippen LogP) is 6.53. The minimum Gasteiger partial charge on any atom is -0.478 e. The van der Waals surface area contributed by atoms with Crippen LogP contribution in [0.5, 0.6) is 0 Å². The third kappa shape index (κ3) is 5.35. The summed E-state index contributed by atoms with van der Waals surface area (Å²) < 4.78 is 78.6. The summed E-state index contributed by atoms with van der Waals surface area (Å²) in [6.45, 7) is 0. The molecule has 144 valence electrons. The largest absolute Gasteiger partial charge is 0.478 e. The Morgan fingerprint density at radius 2 is 1.70 bits per heavy atom. The van der Waals surface area contributed by atoms with Crippen molar-refractivity contribution in [2.45, 2.75) is 18.3 Å². The van der Waals surface area contributed by atoms with E-state index in [0.717, 1.165) is 24.3 Å². The van der Waals surface area contributed by atoms with E-state index in [2.05, 4.69) is 15.9 Å². The van der Waals surface area contributed by atoms with E-state index in [-0.39, 0.29) is 15.6 Å². The first-order valence-electron chi connectivity index (χ1n) is 7.34. The van der Waals surface area contributed by atoms with Crippen molar-refractivity contribution in [2.75, 3.05) is 0 Å². The molecule has 0 fully saturated rings. The van der Waals surface area contributed by atoms with Crippen molar-refractivity contribution >= 4 is 28.0 Å². The van der Waals surface area contributed by atoms with Gasteiger partial charge in [0.25, 0.3) is 0 Å². The summed E-state index contributed by atoms with van der Waals surface area (Å²) in [6.07, 6.45) is -7.75. The second-order valence-electron chi connectivity index (χ2n) is 5.55. The van der Waals surface area contributed by atoms with Gasteiger partial charge in [0.05, 0.1) is 17.0 Å².